The number of benzene rings is 2. The molecule has 3 rings (SSSR count). The van der Waals surface area contributed by atoms with Gasteiger partial charge in [-0.1, -0.05) is 61.6 Å². The number of ether oxygens (including phenoxy) is 1. The summed E-state index contributed by atoms with van der Waals surface area (Å²) in [5.41, 5.74) is 2.47. The van der Waals surface area contributed by atoms with Crippen LogP contribution in [0.15, 0.2) is 53.5 Å². The molecule has 0 spiro atoms. The number of nitrogens with zero attached hydrogens (tertiary/aromatic N) is 2. The van der Waals surface area contributed by atoms with Crippen LogP contribution >= 0.6 is 11.3 Å². The van der Waals surface area contributed by atoms with E-state index >= 15 is 0 Å². The minimum Gasteiger partial charge on any atom is -0.465 e. The van der Waals surface area contributed by atoms with E-state index in [4.69, 9.17) is 4.74 Å². The van der Waals surface area contributed by atoms with Crippen LogP contribution in [0.25, 0.3) is 10.2 Å². The summed E-state index contributed by atoms with van der Waals surface area (Å²) in [6.07, 6.45) is 0. The summed E-state index contributed by atoms with van der Waals surface area (Å²) in [4.78, 5) is 29.0. The molecule has 32 heavy (non-hydrogen) atoms. The second-order valence-electron chi connectivity index (χ2n) is 7.68. The highest BCUT2D eigenvalue weighted by molar-refractivity contribution is 7.91. The number of aromatic nitrogens is 1. The largest absolute Gasteiger partial charge is 0.465 e. The van der Waals surface area contributed by atoms with Crippen LogP contribution in [-0.4, -0.2) is 37.2 Å². The third-order valence-electron chi connectivity index (χ3n) is 4.76. The molecule has 7 nitrogen and oxygen atoms in total. The number of hydrogen-bond acceptors (Lipinski definition) is 6. The number of carbonyl (C=O) groups excluding carboxylic acids is 2. The minimum atomic E-state index is -3.69. The second-order valence-corrected chi connectivity index (χ2v) is 10.8. The van der Waals surface area contributed by atoms with E-state index in [-0.39, 0.29) is 23.7 Å². The van der Waals surface area contributed by atoms with Gasteiger partial charge in [-0.3, -0.25) is 9.59 Å². The smallest absolute Gasteiger partial charge is 0.326 e. The Hall–Kier alpha value is -2.78. The van der Waals surface area contributed by atoms with Crippen LogP contribution in [0.2, 0.25) is 0 Å². The van der Waals surface area contributed by atoms with E-state index in [1.807, 2.05) is 18.2 Å². The van der Waals surface area contributed by atoms with Crippen molar-refractivity contribution in [3.05, 3.63) is 64.5 Å². The Balaban J connectivity index is 1.95. The third kappa shape index (κ3) is 6.14. The van der Waals surface area contributed by atoms with Gasteiger partial charge in [-0.2, -0.15) is 4.99 Å². The first-order valence-corrected chi connectivity index (χ1v) is 12.9. The second kappa shape index (κ2) is 10.2. The molecular weight excluding hydrogens is 448 g/mol. The van der Waals surface area contributed by atoms with Crippen LogP contribution in [-0.2, 0) is 36.5 Å². The van der Waals surface area contributed by atoms with E-state index in [1.54, 1.807) is 41.8 Å². The lowest BCUT2D eigenvalue weighted by Crippen LogP contribution is -2.25. The summed E-state index contributed by atoms with van der Waals surface area (Å²) in [5.74, 6) is -1.85. The van der Waals surface area contributed by atoms with Gasteiger partial charge in [0.1, 0.15) is 12.3 Å². The van der Waals surface area contributed by atoms with Crippen LogP contribution in [0.4, 0.5) is 0 Å². The van der Waals surface area contributed by atoms with Crippen LogP contribution in [0.1, 0.15) is 37.8 Å². The van der Waals surface area contributed by atoms with Gasteiger partial charge < -0.3 is 9.30 Å². The first-order chi connectivity index (χ1) is 15.2. The van der Waals surface area contributed by atoms with Crippen molar-refractivity contribution in [3.63, 3.8) is 0 Å². The fourth-order valence-corrected chi connectivity index (χ4v) is 5.57. The molecule has 0 unspecified atom stereocenters. The summed E-state index contributed by atoms with van der Waals surface area (Å²) >= 11 is 1.25. The standard InChI is InChI=1S/C23H26N2O5S2/c1-4-30-22(27)13-25-19-11-10-18(16(2)3)12-20(19)31-23(25)24-21(26)15-32(28,29)14-17-8-6-5-7-9-17/h5-12,16H,4,13-15H2,1-3H3. The Bertz CT molecular complexity index is 1290. The topological polar surface area (TPSA) is 94.8 Å². The lowest BCUT2D eigenvalue weighted by molar-refractivity contribution is -0.143. The highest BCUT2D eigenvalue weighted by Crippen LogP contribution is 2.23. The van der Waals surface area contributed by atoms with E-state index in [0.29, 0.717) is 11.5 Å². The van der Waals surface area contributed by atoms with Gasteiger partial charge >= 0.3 is 5.97 Å². The molecule has 1 aromatic heterocycles. The molecule has 170 valence electrons. The van der Waals surface area contributed by atoms with Crippen molar-refractivity contribution in [3.8, 4) is 0 Å². The van der Waals surface area contributed by atoms with Gasteiger partial charge in [0, 0.05) is 0 Å². The molecule has 0 atom stereocenters. The maximum atomic E-state index is 12.6. The van der Waals surface area contributed by atoms with Crippen LogP contribution in [0, 0.1) is 0 Å². The zero-order chi connectivity index (χ0) is 23.3. The Morgan fingerprint density at radius 3 is 2.50 bits per heavy atom. The highest BCUT2D eigenvalue weighted by Gasteiger charge is 2.19. The first-order valence-electron chi connectivity index (χ1n) is 10.3. The Morgan fingerprint density at radius 2 is 1.84 bits per heavy atom. The molecule has 0 fully saturated rings. The fraction of sp³-hybridized carbons (Fsp3) is 0.348. The Labute approximate surface area is 191 Å². The molecule has 0 N–H and O–H groups in total. The molecule has 0 saturated carbocycles. The van der Waals surface area contributed by atoms with Gasteiger partial charge in [0.25, 0.3) is 5.91 Å². The predicted octanol–water partition coefficient (Wildman–Crippen LogP) is 3.43. The highest BCUT2D eigenvalue weighted by atomic mass is 32.2. The summed E-state index contributed by atoms with van der Waals surface area (Å²) in [5, 5.41) is 0. The maximum absolute atomic E-state index is 12.6. The average Bonchev–Trinajstić information content (AvgIpc) is 3.04. The molecule has 1 heterocycles. The lowest BCUT2D eigenvalue weighted by atomic mass is 10.0. The summed E-state index contributed by atoms with van der Waals surface area (Å²) < 4.78 is 32.5. The summed E-state index contributed by atoms with van der Waals surface area (Å²) in [6, 6.07) is 14.5. The summed E-state index contributed by atoms with van der Waals surface area (Å²) in [6.45, 7) is 6.00. The number of thiazole rings is 1. The van der Waals surface area contributed by atoms with Gasteiger partial charge in [0.2, 0.25) is 0 Å². The SMILES string of the molecule is CCOC(=O)Cn1c(=NC(=O)CS(=O)(=O)Cc2ccccc2)sc2cc(C(C)C)ccc21. The molecule has 0 aliphatic rings. The normalized spacial score (nSPS) is 12.4. The molecule has 0 radical (unpaired) electrons. The molecule has 0 saturated heterocycles. The fourth-order valence-electron chi connectivity index (χ4n) is 3.23. The summed E-state index contributed by atoms with van der Waals surface area (Å²) in [7, 11) is -3.69. The first kappa shape index (κ1) is 23.9. The Kier molecular flexibility index (Phi) is 7.63. The van der Waals surface area contributed by atoms with Crippen molar-refractivity contribution in [1.29, 1.82) is 0 Å². The lowest BCUT2D eigenvalue weighted by Gasteiger charge is -2.07. The number of esters is 1. The Morgan fingerprint density at radius 1 is 1.12 bits per heavy atom. The quantitative estimate of drug-likeness (QED) is 0.466. The van der Waals surface area contributed by atoms with Crippen molar-refractivity contribution >= 4 is 43.3 Å². The number of rotatable bonds is 8. The monoisotopic (exact) mass is 474 g/mol. The predicted molar refractivity (Wildman–Crippen MR) is 125 cm³/mol. The molecular formula is C23H26N2O5S2. The van der Waals surface area contributed by atoms with E-state index in [1.165, 1.54) is 11.3 Å². The van der Waals surface area contributed by atoms with Gasteiger partial charge in [-0.05, 0) is 36.1 Å². The van der Waals surface area contributed by atoms with Gasteiger partial charge in [-0.25, -0.2) is 8.42 Å². The third-order valence-corrected chi connectivity index (χ3v) is 7.26. The van der Waals surface area contributed by atoms with Crippen LogP contribution in [0.5, 0.6) is 0 Å². The van der Waals surface area contributed by atoms with Gasteiger partial charge in [0.15, 0.2) is 14.6 Å². The number of carbonyl (C=O) groups is 2. The molecule has 2 aromatic carbocycles. The van der Waals surface area contributed by atoms with Crippen molar-refractivity contribution in [2.45, 2.75) is 39.0 Å². The minimum absolute atomic E-state index is 0.113. The zero-order valence-corrected chi connectivity index (χ0v) is 19.9. The average molecular weight is 475 g/mol. The van der Waals surface area contributed by atoms with Crippen molar-refractivity contribution in [2.24, 2.45) is 4.99 Å². The molecule has 9 heteroatoms. The van der Waals surface area contributed by atoms with E-state index in [2.05, 4.69) is 18.8 Å². The number of hydrogen-bond donors (Lipinski definition) is 0. The van der Waals surface area contributed by atoms with E-state index < -0.39 is 27.5 Å². The zero-order valence-electron chi connectivity index (χ0n) is 18.3. The number of amides is 1. The maximum Gasteiger partial charge on any atom is 0.326 e. The number of fused-ring (bicyclic) bond motifs is 1. The van der Waals surface area contributed by atoms with E-state index in [9.17, 15) is 18.0 Å². The van der Waals surface area contributed by atoms with Crippen LogP contribution in [0.3, 0.4) is 0 Å². The van der Waals surface area contributed by atoms with Crippen molar-refractivity contribution < 1.29 is 22.7 Å². The van der Waals surface area contributed by atoms with Gasteiger partial charge in [0.05, 0.1) is 22.6 Å². The van der Waals surface area contributed by atoms with Crippen molar-refractivity contribution in [1.82, 2.24) is 4.57 Å². The van der Waals surface area contributed by atoms with Crippen LogP contribution < -0.4 is 4.80 Å². The molecule has 0 aliphatic heterocycles. The molecule has 3 aromatic rings. The molecule has 0 aliphatic carbocycles. The van der Waals surface area contributed by atoms with Crippen molar-refractivity contribution in [2.75, 3.05) is 12.4 Å². The number of sulfone groups is 1. The van der Waals surface area contributed by atoms with Gasteiger partial charge in [-0.15, -0.1) is 0 Å². The molecule has 0 bridgehead atoms. The molecule has 1 amide bonds. The van der Waals surface area contributed by atoms with E-state index in [0.717, 1.165) is 15.8 Å².